The average molecular weight is 488 g/mol. The highest BCUT2D eigenvalue weighted by Gasteiger charge is 2.31. The van der Waals surface area contributed by atoms with Gasteiger partial charge in [-0.2, -0.15) is 11.8 Å². The van der Waals surface area contributed by atoms with Crippen LogP contribution in [0.5, 0.6) is 0 Å². The van der Waals surface area contributed by atoms with E-state index in [1.54, 1.807) is 6.26 Å². The van der Waals surface area contributed by atoms with Gasteiger partial charge in [-0.15, -0.1) is 0 Å². The van der Waals surface area contributed by atoms with Crippen LogP contribution in [-0.2, 0) is 30.4 Å². The van der Waals surface area contributed by atoms with E-state index >= 15 is 0 Å². The molecule has 0 aliphatic carbocycles. The van der Waals surface area contributed by atoms with Gasteiger partial charge in [0.1, 0.15) is 24.2 Å². The van der Waals surface area contributed by atoms with Crippen molar-refractivity contribution in [3.05, 3.63) is 18.2 Å². The zero-order valence-corrected chi connectivity index (χ0v) is 18.8. The Morgan fingerprint density at radius 1 is 1.09 bits per heavy atom. The fourth-order valence-corrected chi connectivity index (χ4v) is 3.11. The van der Waals surface area contributed by atoms with Gasteiger partial charge in [0.15, 0.2) is 0 Å². The van der Waals surface area contributed by atoms with Gasteiger partial charge in [0.25, 0.3) is 0 Å². The highest BCUT2D eigenvalue weighted by Crippen LogP contribution is 2.05. The summed E-state index contributed by atoms with van der Waals surface area (Å²) < 4.78 is 0. The van der Waals surface area contributed by atoms with Crippen molar-refractivity contribution < 1.29 is 34.2 Å². The molecule has 0 radical (unpaired) electrons. The van der Waals surface area contributed by atoms with Crippen LogP contribution in [-0.4, -0.2) is 92.6 Å². The molecule has 0 fully saturated rings. The number of hydrogen-bond donors (Lipinski definition) is 8. The molecule has 1 heterocycles. The number of nitrogens with two attached hydrogens (primary N) is 2. The smallest absolute Gasteiger partial charge is 0.326 e. The van der Waals surface area contributed by atoms with Crippen molar-refractivity contribution in [2.45, 2.75) is 43.4 Å². The number of thioether (sulfide) groups is 1. The van der Waals surface area contributed by atoms with Crippen molar-refractivity contribution in [2.75, 3.05) is 18.6 Å². The largest absolute Gasteiger partial charge is 0.480 e. The topological polar surface area (TPSA) is 243 Å². The Labute approximate surface area is 193 Å². The SMILES string of the molecule is CSCCC(NC(=O)C(CC(N)=O)NC(=O)C(Cc1cnc[nH]1)NC(=O)C(N)CO)C(=O)O. The molecule has 15 heteroatoms. The number of carboxylic acids is 1. The van der Waals surface area contributed by atoms with Crippen molar-refractivity contribution >= 4 is 41.4 Å². The van der Waals surface area contributed by atoms with E-state index in [2.05, 4.69) is 25.9 Å². The zero-order chi connectivity index (χ0) is 25.0. The number of primary amides is 1. The number of nitrogens with zero attached hydrogens (tertiary/aromatic N) is 1. The molecule has 0 spiro atoms. The summed E-state index contributed by atoms with van der Waals surface area (Å²) in [5.41, 5.74) is 11.1. The molecule has 0 saturated carbocycles. The number of aliphatic hydroxyl groups excluding tert-OH is 1. The van der Waals surface area contributed by atoms with Crippen LogP contribution in [0.1, 0.15) is 18.5 Å². The molecule has 4 unspecified atom stereocenters. The quantitative estimate of drug-likeness (QED) is 0.121. The molecule has 1 aromatic rings. The normalized spacial score (nSPS) is 14.4. The maximum absolute atomic E-state index is 12.9. The van der Waals surface area contributed by atoms with Crippen LogP contribution in [0.4, 0.5) is 0 Å². The lowest BCUT2D eigenvalue weighted by atomic mass is 10.1. The van der Waals surface area contributed by atoms with Crippen LogP contribution in [0.15, 0.2) is 12.5 Å². The van der Waals surface area contributed by atoms with Crippen LogP contribution in [0.25, 0.3) is 0 Å². The van der Waals surface area contributed by atoms with Crippen LogP contribution < -0.4 is 27.4 Å². The molecule has 1 aromatic heterocycles. The van der Waals surface area contributed by atoms with Gasteiger partial charge in [-0.1, -0.05) is 0 Å². The highest BCUT2D eigenvalue weighted by atomic mass is 32.2. The molecule has 0 saturated heterocycles. The Hall–Kier alpha value is -3.17. The molecular formula is C18H29N7O7S. The number of aromatic nitrogens is 2. The minimum atomic E-state index is -1.49. The summed E-state index contributed by atoms with van der Waals surface area (Å²) in [5, 5.41) is 25.3. The second-order valence-corrected chi connectivity index (χ2v) is 8.03. The van der Waals surface area contributed by atoms with Crippen molar-refractivity contribution in [1.29, 1.82) is 0 Å². The molecular weight excluding hydrogens is 458 g/mol. The number of hydrogen-bond acceptors (Lipinski definition) is 9. The molecule has 184 valence electrons. The summed E-state index contributed by atoms with van der Waals surface area (Å²) in [6, 6.07) is -5.27. The third-order valence-electron chi connectivity index (χ3n) is 4.41. The van der Waals surface area contributed by atoms with E-state index in [0.717, 1.165) is 0 Å². The number of aromatic amines is 1. The van der Waals surface area contributed by atoms with Crippen molar-refractivity contribution in [1.82, 2.24) is 25.9 Å². The van der Waals surface area contributed by atoms with Gasteiger partial charge < -0.3 is 42.6 Å². The fourth-order valence-electron chi connectivity index (χ4n) is 2.64. The molecule has 0 aliphatic rings. The molecule has 0 aliphatic heterocycles. The van der Waals surface area contributed by atoms with E-state index in [1.165, 1.54) is 24.3 Å². The molecule has 1 rings (SSSR count). The Morgan fingerprint density at radius 3 is 2.21 bits per heavy atom. The van der Waals surface area contributed by atoms with Crippen LogP contribution in [0.3, 0.4) is 0 Å². The lowest BCUT2D eigenvalue weighted by molar-refractivity contribution is -0.142. The minimum absolute atomic E-state index is 0.0773. The number of imidazole rings is 1. The summed E-state index contributed by atoms with van der Waals surface area (Å²) >= 11 is 1.38. The molecule has 4 amide bonds. The highest BCUT2D eigenvalue weighted by molar-refractivity contribution is 7.98. The van der Waals surface area contributed by atoms with E-state index in [-0.39, 0.29) is 12.8 Å². The number of nitrogens with one attached hydrogen (secondary N) is 4. The van der Waals surface area contributed by atoms with Gasteiger partial charge in [-0.05, 0) is 18.4 Å². The summed E-state index contributed by atoms with van der Waals surface area (Å²) in [6.45, 7) is -0.663. The standard InChI is InChI=1S/C18H29N7O7S/c1-33-3-2-11(18(31)32)23-17(30)13(5-14(20)27)25-16(29)12(4-9-6-21-8-22-9)24-15(28)10(19)7-26/h6,8,10-13,26H,2-5,7,19H2,1H3,(H2,20,27)(H,21,22)(H,23,30)(H,24,28)(H,25,29)(H,31,32). The maximum Gasteiger partial charge on any atom is 0.326 e. The molecule has 33 heavy (non-hydrogen) atoms. The van der Waals surface area contributed by atoms with Gasteiger partial charge in [0, 0.05) is 18.3 Å². The third kappa shape index (κ3) is 9.88. The van der Waals surface area contributed by atoms with Crippen LogP contribution in [0, 0.1) is 0 Å². The molecule has 0 bridgehead atoms. The Kier molecular flexibility index (Phi) is 11.9. The maximum atomic E-state index is 12.9. The predicted molar refractivity (Wildman–Crippen MR) is 118 cm³/mol. The number of aliphatic carboxylic acids is 1. The summed E-state index contributed by atoms with van der Waals surface area (Å²) in [7, 11) is 0. The van der Waals surface area contributed by atoms with E-state index < -0.39 is 66.8 Å². The fraction of sp³-hybridized carbons (Fsp3) is 0.556. The summed E-state index contributed by atoms with van der Waals surface area (Å²) in [5.74, 6) is -4.34. The Bertz CT molecular complexity index is 821. The first-order valence-corrected chi connectivity index (χ1v) is 11.2. The van der Waals surface area contributed by atoms with Gasteiger partial charge >= 0.3 is 5.97 Å². The van der Waals surface area contributed by atoms with Gasteiger partial charge in [0.2, 0.25) is 23.6 Å². The first-order chi connectivity index (χ1) is 15.6. The van der Waals surface area contributed by atoms with Gasteiger partial charge in [-0.3, -0.25) is 19.2 Å². The molecule has 10 N–H and O–H groups in total. The van der Waals surface area contributed by atoms with Crippen molar-refractivity contribution in [2.24, 2.45) is 11.5 Å². The van der Waals surface area contributed by atoms with Crippen LogP contribution >= 0.6 is 11.8 Å². The lowest BCUT2D eigenvalue weighted by Gasteiger charge is -2.24. The van der Waals surface area contributed by atoms with E-state index in [9.17, 15) is 29.1 Å². The van der Waals surface area contributed by atoms with E-state index in [1.807, 2.05) is 0 Å². The number of carbonyl (C=O) groups is 5. The molecule has 4 atom stereocenters. The lowest BCUT2D eigenvalue weighted by Crippen LogP contribution is -2.58. The predicted octanol–water partition coefficient (Wildman–Crippen LogP) is -3.56. The average Bonchev–Trinajstić information content (AvgIpc) is 3.27. The third-order valence-corrected chi connectivity index (χ3v) is 5.05. The van der Waals surface area contributed by atoms with E-state index in [4.69, 9.17) is 16.6 Å². The number of carbonyl (C=O) groups excluding carboxylic acids is 4. The molecule has 0 aromatic carbocycles. The summed E-state index contributed by atoms with van der Waals surface area (Å²) in [6.07, 6.45) is 3.98. The summed E-state index contributed by atoms with van der Waals surface area (Å²) in [4.78, 5) is 67.1. The second kappa shape index (κ2) is 14.1. The van der Waals surface area contributed by atoms with E-state index in [0.29, 0.717) is 11.4 Å². The first kappa shape index (κ1) is 27.9. The number of rotatable bonds is 15. The van der Waals surface area contributed by atoms with Gasteiger partial charge in [-0.25, -0.2) is 9.78 Å². The number of H-pyrrole nitrogens is 1. The van der Waals surface area contributed by atoms with Crippen molar-refractivity contribution in [3.8, 4) is 0 Å². The van der Waals surface area contributed by atoms with Gasteiger partial charge in [0.05, 0.1) is 19.4 Å². The Balaban J connectivity index is 3.01. The second-order valence-electron chi connectivity index (χ2n) is 7.04. The number of carboxylic acid groups (broad SMARTS) is 1. The monoisotopic (exact) mass is 487 g/mol. The van der Waals surface area contributed by atoms with Crippen LogP contribution in [0.2, 0.25) is 0 Å². The zero-order valence-electron chi connectivity index (χ0n) is 17.9. The number of aliphatic hydroxyl groups is 1. The Morgan fingerprint density at radius 2 is 1.70 bits per heavy atom. The number of amides is 4. The first-order valence-electron chi connectivity index (χ1n) is 9.83. The molecule has 14 nitrogen and oxygen atoms in total. The van der Waals surface area contributed by atoms with Crippen molar-refractivity contribution in [3.63, 3.8) is 0 Å². The minimum Gasteiger partial charge on any atom is -0.480 e.